The molecule has 1 amide bonds. The number of fused-ring (bicyclic) bond motifs is 1. The van der Waals surface area contributed by atoms with Crippen molar-refractivity contribution in [2.24, 2.45) is 0 Å². The summed E-state index contributed by atoms with van der Waals surface area (Å²) in [6, 6.07) is 11.7. The van der Waals surface area contributed by atoms with Gasteiger partial charge in [-0.1, -0.05) is 19.1 Å². The summed E-state index contributed by atoms with van der Waals surface area (Å²) >= 11 is 0. The lowest BCUT2D eigenvalue weighted by Gasteiger charge is -2.27. The molecule has 2 aromatic carbocycles. The van der Waals surface area contributed by atoms with Gasteiger partial charge in [0.25, 0.3) is 11.7 Å². The molecule has 184 valence electrons. The first-order chi connectivity index (χ1) is 17.1. The molecule has 8 heteroatoms. The van der Waals surface area contributed by atoms with Crippen LogP contribution in [0.1, 0.15) is 43.4 Å². The van der Waals surface area contributed by atoms with Gasteiger partial charge in [-0.25, -0.2) is 0 Å². The molecule has 3 heterocycles. The van der Waals surface area contributed by atoms with E-state index >= 15 is 0 Å². The SMILES string of the molecule is CCCOc1ccc(C2/C(=C(\O)c3ccc4c(c3)OCO4)C(=O)C(=O)N2CCN2CCCC2)cc1. The first kappa shape index (κ1) is 23.2. The van der Waals surface area contributed by atoms with Crippen LogP contribution in [0, 0.1) is 0 Å². The van der Waals surface area contributed by atoms with Crippen LogP contribution in [-0.4, -0.2) is 66.2 Å². The van der Waals surface area contributed by atoms with Crippen LogP contribution in [0.2, 0.25) is 0 Å². The smallest absolute Gasteiger partial charge is 0.295 e. The molecule has 1 N–H and O–H groups in total. The van der Waals surface area contributed by atoms with Gasteiger partial charge >= 0.3 is 0 Å². The molecule has 0 aliphatic carbocycles. The van der Waals surface area contributed by atoms with Gasteiger partial charge < -0.3 is 29.1 Å². The van der Waals surface area contributed by atoms with Gasteiger partial charge in [-0.3, -0.25) is 9.59 Å². The number of carbonyl (C=O) groups excluding carboxylic acids is 2. The van der Waals surface area contributed by atoms with Crippen LogP contribution in [0.3, 0.4) is 0 Å². The minimum absolute atomic E-state index is 0.0810. The molecule has 0 saturated carbocycles. The summed E-state index contributed by atoms with van der Waals surface area (Å²) in [7, 11) is 0. The summed E-state index contributed by atoms with van der Waals surface area (Å²) < 4.78 is 16.5. The number of aliphatic hydroxyl groups is 1. The highest BCUT2D eigenvalue weighted by Crippen LogP contribution is 2.41. The Bertz CT molecular complexity index is 1140. The van der Waals surface area contributed by atoms with E-state index in [1.54, 1.807) is 23.1 Å². The van der Waals surface area contributed by atoms with Gasteiger partial charge in [0.1, 0.15) is 11.5 Å². The Kier molecular flexibility index (Phi) is 6.63. The Balaban J connectivity index is 1.52. The molecule has 2 fully saturated rings. The molecule has 1 atom stereocenters. The van der Waals surface area contributed by atoms with Crippen LogP contribution < -0.4 is 14.2 Å². The van der Waals surface area contributed by atoms with Crippen LogP contribution in [0.15, 0.2) is 48.0 Å². The topological polar surface area (TPSA) is 88.5 Å². The summed E-state index contributed by atoms with van der Waals surface area (Å²) in [5.41, 5.74) is 1.23. The zero-order chi connectivity index (χ0) is 24.4. The molecule has 2 saturated heterocycles. The zero-order valence-electron chi connectivity index (χ0n) is 19.9. The van der Waals surface area contributed by atoms with E-state index in [1.165, 1.54) is 0 Å². The molecule has 1 unspecified atom stereocenters. The van der Waals surface area contributed by atoms with Gasteiger partial charge in [0.05, 0.1) is 18.2 Å². The fourth-order valence-electron chi connectivity index (χ4n) is 4.88. The van der Waals surface area contributed by atoms with E-state index in [2.05, 4.69) is 4.90 Å². The first-order valence-corrected chi connectivity index (χ1v) is 12.2. The van der Waals surface area contributed by atoms with Crippen molar-refractivity contribution in [3.05, 3.63) is 59.2 Å². The molecule has 3 aliphatic rings. The zero-order valence-corrected chi connectivity index (χ0v) is 19.9. The van der Waals surface area contributed by atoms with Gasteiger partial charge in [0, 0.05) is 18.7 Å². The van der Waals surface area contributed by atoms with Crippen molar-refractivity contribution in [3.63, 3.8) is 0 Å². The van der Waals surface area contributed by atoms with Crippen molar-refractivity contribution in [3.8, 4) is 17.2 Å². The molecule has 5 rings (SSSR count). The van der Waals surface area contributed by atoms with Gasteiger partial charge in [0.15, 0.2) is 11.5 Å². The average Bonchev–Trinajstić information content (AvgIpc) is 3.62. The third-order valence-electron chi connectivity index (χ3n) is 6.71. The Labute approximate surface area is 204 Å². The molecule has 0 bridgehead atoms. The van der Waals surface area contributed by atoms with Crippen LogP contribution in [0.4, 0.5) is 0 Å². The highest BCUT2D eigenvalue weighted by atomic mass is 16.7. The number of carbonyl (C=O) groups is 2. The number of likely N-dealkylation sites (tertiary alicyclic amines) is 2. The molecular formula is C27H30N2O6. The molecule has 35 heavy (non-hydrogen) atoms. The second-order valence-electron chi connectivity index (χ2n) is 9.03. The number of nitrogens with zero attached hydrogens (tertiary/aromatic N) is 2. The minimum Gasteiger partial charge on any atom is -0.507 e. The molecule has 0 radical (unpaired) electrons. The molecule has 8 nitrogen and oxygen atoms in total. The van der Waals surface area contributed by atoms with E-state index in [-0.39, 0.29) is 18.1 Å². The predicted octanol–water partition coefficient (Wildman–Crippen LogP) is 3.72. The van der Waals surface area contributed by atoms with E-state index in [0.29, 0.717) is 36.8 Å². The van der Waals surface area contributed by atoms with Crippen molar-refractivity contribution in [2.45, 2.75) is 32.2 Å². The normalized spacial score (nSPS) is 21.2. The summed E-state index contributed by atoms with van der Waals surface area (Å²) in [6.45, 7) is 5.83. The van der Waals surface area contributed by atoms with Gasteiger partial charge in [0.2, 0.25) is 6.79 Å². The molecule has 0 spiro atoms. The quantitative estimate of drug-likeness (QED) is 0.351. The second kappa shape index (κ2) is 10.00. The highest BCUT2D eigenvalue weighted by Gasteiger charge is 2.46. The van der Waals surface area contributed by atoms with Gasteiger partial charge in [-0.2, -0.15) is 0 Å². The number of aliphatic hydroxyl groups excluding tert-OH is 1. The maximum absolute atomic E-state index is 13.2. The van der Waals surface area contributed by atoms with Crippen LogP contribution in [0.25, 0.3) is 5.76 Å². The van der Waals surface area contributed by atoms with E-state index in [1.807, 2.05) is 31.2 Å². The number of amides is 1. The van der Waals surface area contributed by atoms with E-state index in [9.17, 15) is 14.7 Å². The summed E-state index contributed by atoms with van der Waals surface area (Å²) in [5.74, 6) is 0.292. The second-order valence-corrected chi connectivity index (χ2v) is 9.03. The standard InChI is InChI=1S/C27H30N2O6/c1-2-15-33-20-8-5-18(6-9-20)24-23(25(30)19-7-10-21-22(16-19)35-17-34-21)26(31)27(32)29(24)14-13-28-11-3-4-12-28/h5-10,16,24,30H,2-4,11-15,17H2,1H3/b25-23+. The van der Waals surface area contributed by atoms with E-state index in [0.717, 1.165) is 43.7 Å². The fraction of sp³-hybridized carbons (Fsp3) is 0.407. The Morgan fingerprint density at radius 1 is 1.03 bits per heavy atom. The lowest BCUT2D eigenvalue weighted by atomic mass is 9.95. The first-order valence-electron chi connectivity index (χ1n) is 12.2. The number of hydrogen-bond acceptors (Lipinski definition) is 7. The van der Waals surface area contributed by atoms with Crippen molar-refractivity contribution in [2.75, 3.05) is 39.6 Å². The molecule has 2 aromatic rings. The van der Waals surface area contributed by atoms with E-state index < -0.39 is 17.7 Å². The maximum atomic E-state index is 13.2. The minimum atomic E-state index is -0.691. The Morgan fingerprint density at radius 2 is 1.77 bits per heavy atom. The monoisotopic (exact) mass is 478 g/mol. The van der Waals surface area contributed by atoms with Gasteiger partial charge in [-0.15, -0.1) is 0 Å². The van der Waals surface area contributed by atoms with Crippen LogP contribution >= 0.6 is 0 Å². The average molecular weight is 479 g/mol. The Hall–Kier alpha value is -3.52. The lowest BCUT2D eigenvalue weighted by molar-refractivity contribution is -0.140. The number of ether oxygens (including phenoxy) is 3. The number of Topliss-reactive ketones (excluding diaryl/α,β-unsaturated/α-hetero) is 1. The largest absolute Gasteiger partial charge is 0.507 e. The third kappa shape index (κ3) is 4.58. The highest BCUT2D eigenvalue weighted by molar-refractivity contribution is 6.46. The number of rotatable bonds is 8. The molecule has 0 aromatic heterocycles. The lowest BCUT2D eigenvalue weighted by Crippen LogP contribution is -2.37. The number of ketones is 1. The predicted molar refractivity (Wildman–Crippen MR) is 129 cm³/mol. The van der Waals surface area contributed by atoms with Gasteiger partial charge in [-0.05, 0) is 68.2 Å². The number of benzene rings is 2. The van der Waals surface area contributed by atoms with Crippen LogP contribution in [0.5, 0.6) is 17.2 Å². The maximum Gasteiger partial charge on any atom is 0.295 e. The van der Waals surface area contributed by atoms with Crippen molar-refractivity contribution < 1.29 is 28.9 Å². The van der Waals surface area contributed by atoms with Crippen LogP contribution in [-0.2, 0) is 9.59 Å². The summed E-state index contributed by atoms with van der Waals surface area (Å²) in [5, 5.41) is 11.3. The third-order valence-corrected chi connectivity index (χ3v) is 6.71. The van der Waals surface area contributed by atoms with E-state index in [4.69, 9.17) is 14.2 Å². The number of hydrogen-bond donors (Lipinski definition) is 1. The van der Waals surface area contributed by atoms with Crippen molar-refractivity contribution in [1.82, 2.24) is 9.80 Å². The summed E-state index contributed by atoms with van der Waals surface area (Å²) in [4.78, 5) is 30.3. The molecule has 3 aliphatic heterocycles. The Morgan fingerprint density at radius 3 is 2.51 bits per heavy atom. The van der Waals surface area contributed by atoms with Crippen molar-refractivity contribution in [1.29, 1.82) is 0 Å². The fourth-order valence-corrected chi connectivity index (χ4v) is 4.88. The summed E-state index contributed by atoms with van der Waals surface area (Å²) in [6.07, 6.45) is 3.19. The molecular weight excluding hydrogens is 448 g/mol. The van der Waals surface area contributed by atoms with Crippen molar-refractivity contribution >= 4 is 17.4 Å².